The van der Waals surface area contributed by atoms with E-state index in [4.69, 9.17) is 0 Å². The van der Waals surface area contributed by atoms with Crippen LogP contribution in [-0.4, -0.2) is 4.57 Å². The van der Waals surface area contributed by atoms with Gasteiger partial charge in [0.15, 0.2) is 0 Å². The van der Waals surface area contributed by atoms with E-state index in [1.807, 2.05) is 0 Å². The normalized spacial score (nSPS) is 11.3. The third-order valence-corrected chi connectivity index (χ3v) is 4.85. The quantitative estimate of drug-likeness (QED) is 0.274. The zero-order valence-electron chi connectivity index (χ0n) is 16.2. The van der Waals surface area contributed by atoms with Crippen molar-refractivity contribution in [2.75, 3.05) is 0 Å². The molecule has 0 spiro atoms. The average molecular weight is 322 g/mol. The fourth-order valence-corrected chi connectivity index (χ4v) is 3.32. The molecule has 0 unspecified atom stereocenters. The molecule has 2 heteroatoms. The van der Waals surface area contributed by atoms with E-state index in [2.05, 4.69) is 42.3 Å². The van der Waals surface area contributed by atoms with Crippen molar-refractivity contribution in [3.63, 3.8) is 0 Å². The number of aromatic nitrogens is 2. The largest absolute Gasteiger partial charge is 0.256 e. The zero-order chi connectivity index (χ0) is 16.8. The maximum Gasteiger partial charge on any atom is 0.256 e. The van der Waals surface area contributed by atoms with Gasteiger partial charge < -0.3 is 0 Å². The smallest absolute Gasteiger partial charge is 0.234 e. The summed E-state index contributed by atoms with van der Waals surface area (Å²) < 4.78 is 5.07. The third kappa shape index (κ3) is 8.58. The summed E-state index contributed by atoms with van der Waals surface area (Å²) in [5.41, 5.74) is 0. The Balaban J connectivity index is 2.47. The molecule has 1 heterocycles. The highest BCUT2D eigenvalue weighted by molar-refractivity contribution is 4.84. The molecule has 2 nitrogen and oxygen atoms in total. The van der Waals surface area contributed by atoms with E-state index in [9.17, 15) is 0 Å². The molecule has 0 aliphatic heterocycles. The number of aryl methyl sites for hydroxylation is 2. The van der Waals surface area contributed by atoms with Crippen molar-refractivity contribution >= 4 is 0 Å². The van der Waals surface area contributed by atoms with Crippen molar-refractivity contribution in [3.05, 3.63) is 18.2 Å². The van der Waals surface area contributed by atoms with Crippen LogP contribution in [0.3, 0.4) is 0 Å². The number of hydrogen-bond donors (Lipinski definition) is 0. The fourth-order valence-electron chi connectivity index (χ4n) is 3.32. The Morgan fingerprint density at radius 3 is 2.09 bits per heavy atom. The maximum absolute atomic E-state index is 2.54. The van der Waals surface area contributed by atoms with Gasteiger partial charge in [-0.05, 0) is 32.1 Å². The number of rotatable bonds is 15. The lowest BCUT2D eigenvalue weighted by molar-refractivity contribution is -0.704. The van der Waals surface area contributed by atoms with Crippen LogP contribution in [0.1, 0.15) is 104 Å². The maximum atomic E-state index is 2.54. The highest BCUT2D eigenvalue weighted by Gasteiger charge is 2.16. The van der Waals surface area contributed by atoms with Crippen LogP contribution in [0.5, 0.6) is 0 Å². The van der Waals surface area contributed by atoms with Gasteiger partial charge in [0.05, 0.1) is 13.1 Å². The molecule has 0 amide bonds. The van der Waals surface area contributed by atoms with Gasteiger partial charge in [0, 0.05) is 6.42 Å². The van der Waals surface area contributed by atoms with Gasteiger partial charge >= 0.3 is 0 Å². The molecule has 0 aromatic carbocycles. The van der Waals surface area contributed by atoms with Crippen LogP contribution < -0.4 is 4.57 Å². The summed E-state index contributed by atoms with van der Waals surface area (Å²) >= 11 is 0. The molecule has 0 fully saturated rings. The van der Waals surface area contributed by atoms with E-state index in [1.54, 1.807) is 5.82 Å². The van der Waals surface area contributed by atoms with Crippen LogP contribution in [-0.2, 0) is 19.5 Å². The predicted octanol–water partition coefficient (Wildman–Crippen LogP) is 6.06. The molecule has 0 saturated heterocycles. The summed E-state index contributed by atoms with van der Waals surface area (Å²) in [5.74, 6) is 1.57. The fraction of sp³-hybridized carbons (Fsp3) is 0.857. The van der Waals surface area contributed by atoms with Crippen molar-refractivity contribution in [1.82, 2.24) is 4.57 Å². The number of unbranched alkanes of at least 4 members (excludes halogenated alkanes) is 9. The first-order valence-corrected chi connectivity index (χ1v) is 10.4. The number of imidazole rings is 1. The van der Waals surface area contributed by atoms with Crippen molar-refractivity contribution in [2.45, 2.75) is 117 Å². The Bertz CT molecular complexity index is 381. The van der Waals surface area contributed by atoms with E-state index in [-0.39, 0.29) is 0 Å². The third-order valence-electron chi connectivity index (χ3n) is 4.85. The topological polar surface area (TPSA) is 8.81 Å². The van der Waals surface area contributed by atoms with Gasteiger partial charge in [0.1, 0.15) is 12.4 Å². The van der Waals surface area contributed by atoms with Crippen LogP contribution in [0.15, 0.2) is 12.4 Å². The highest BCUT2D eigenvalue weighted by Crippen LogP contribution is 2.10. The van der Waals surface area contributed by atoms with E-state index in [1.165, 1.54) is 96.6 Å². The SMILES string of the molecule is CCCCCCCCn1cc[n+](CCCCC)c1CCCCC. The molecule has 0 aliphatic carbocycles. The Hall–Kier alpha value is -0.790. The van der Waals surface area contributed by atoms with Crippen LogP contribution in [0.25, 0.3) is 0 Å². The van der Waals surface area contributed by atoms with Crippen LogP contribution >= 0.6 is 0 Å². The zero-order valence-corrected chi connectivity index (χ0v) is 16.2. The summed E-state index contributed by atoms with van der Waals surface area (Å²) in [6.45, 7) is 9.30. The summed E-state index contributed by atoms with van der Waals surface area (Å²) in [6, 6.07) is 0. The molecule has 1 rings (SSSR count). The van der Waals surface area contributed by atoms with Crippen molar-refractivity contribution < 1.29 is 4.57 Å². The molecule has 23 heavy (non-hydrogen) atoms. The molecule has 0 radical (unpaired) electrons. The van der Waals surface area contributed by atoms with Gasteiger partial charge in [-0.15, -0.1) is 0 Å². The van der Waals surface area contributed by atoms with Crippen LogP contribution in [0.2, 0.25) is 0 Å². The predicted molar refractivity (Wildman–Crippen MR) is 101 cm³/mol. The standard InChI is InChI=1S/C21H41N2/c1-4-7-10-11-12-15-18-23-20-19-22(17-14-9-6-3)21(23)16-13-8-5-2/h19-20H,4-18H2,1-3H3/q+1. The van der Waals surface area contributed by atoms with E-state index in [0.29, 0.717) is 0 Å². The van der Waals surface area contributed by atoms with Gasteiger partial charge in [-0.3, -0.25) is 0 Å². The molecule has 1 aromatic rings. The van der Waals surface area contributed by atoms with E-state index >= 15 is 0 Å². The minimum atomic E-state index is 1.21. The van der Waals surface area contributed by atoms with Gasteiger partial charge in [0.2, 0.25) is 0 Å². The Kier molecular flexibility index (Phi) is 12.0. The molecular formula is C21H41N2+. The van der Waals surface area contributed by atoms with Gasteiger partial charge in [-0.25, -0.2) is 9.13 Å². The lowest BCUT2D eigenvalue weighted by Gasteiger charge is -2.06. The molecule has 0 bridgehead atoms. The summed E-state index contributed by atoms with van der Waals surface area (Å²) in [6.07, 6.45) is 22.2. The number of hydrogen-bond acceptors (Lipinski definition) is 0. The molecule has 0 atom stereocenters. The average Bonchev–Trinajstić information content (AvgIpc) is 2.94. The second-order valence-corrected chi connectivity index (χ2v) is 7.03. The second-order valence-electron chi connectivity index (χ2n) is 7.03. The summed E-state index contributed by atoms with van der Waals surface area (Å²) in [7, 11) is 0. The summed E-state index contributed by atoms with van der Waals surface area (Å²) in [4.78, 5) is 0. The van der Waals surface area contributed by atoms with Crippen molar-refractivity contribution in [2.24, 2.45) is 0 Å². The molecule has 1 aromatic heterocycles. The van der Waals surface area contributed by atoms with Crippen molar-refractivity contribution in [3.8, 4) is 0 Å². The monoisotopic (exact) mass is 321 g/mol. The molecule has 134 valence electrons. The molecule has 0 aliphatic rings. The van der Waals surface area contributed by atoms with Gasteiger partial charge in [0.25, 0.3) is 5.82 Å². The highest BCUT2D eigenvalue weighted by atomic mass is 15.1. The van der Waals surface area contributed by atoms with Crippen molar-refractivity contribution in [1.29, 1.82) is 0 Å². The molecule has 0 N–H and O–H groups in total. The Morgan fingerprint density at radius 1 is 0.739 bits per heavy atom. The Labute approximate surface area is 145 Å². The molecular weight excluding hydrogens is 280 g/mol. The number of nitrogens with zero attached hydrogens (tertiary/aromatic N) is 2. The summed E-state index contributed by atoms with van der Waals surface area (Å²) in [5, 5.41) is 0. The minimum Gasteiger partial charge on any atom is -0.234 e. The van der Waals surface area contributed by atoms with Crippen LogP contribution in [0.4, 0.5) is 0 Å². The first kappa shape index (κ1) is 20.3. The Morgan fingerprint density at radius 2 is 1.35 bits per heavy atom. The first-order chi connectivity index (χ1) is 11.3. The lowest BCUT2D eigenvalue weighted by atomic mass is 10.1. The van der Waals surface area contributed by atoms with Crippen LogP contribution in [0, 0.1) is 0 Å². The first-order valence-electron chi connectivity index (χ1n) is 10.4. The van der Waals surface area contributed by atoms with Gasteiger partial charge in [-0.1, -0.05) is 65.7 Å². The minimum absolute atomic E-state index is 1.21. The molecule has 0 saturated carbocycles. The van der Waals surface area contributed by atoms with E-state index < -0.39 is 0 Å². The van der Waals surface area contributed by atoms with Gasteiger partial charge in [-0.2, -0.15) is 0 Å². The second kappa shape index (κ2) is 13.6. The lowest BCUT2D eigenvalue weighted by Crippen LogP contribution is -2.37. The van der Waals surface area contributed by atoms with E-state index in [0.717, 1.165) is 0 Å².